The second-order valence-corrected chi connectivity index (χ2v) is 4.99. The van der Waals surface area contributed by atoms with Crippen LogP contribution in [0.5, 0.6) is 0 Å². The van der Waals surface area contributed by atoms with Gasteiger partial charge in [0.1, 0.15) is 12.1 Å². The molecule has 0 aromatic rings. The number of amides is 3. The topological polar surface area (TPSA) is 171 Å². The zero-order valence-electron chi connectivity index (χ0n) is 13.2. The minimum absolute atomic E-state index is 0.277. The number of carboxylic acids is 1. The number of nitrogens with two attached hydrogens (primary N) is 1. The predicted molar refractivity (Wildman–Crippen MR) is 80.1 cm³/mol. The highest BCUT2D eigenvalue weighted by molar-refractivity contribution is 5.91. The molecule has 0 aliphatic carbocycles. The first kappa shape index (κ1) is 20.8. The Morgan fingerprint density at radius 3 is 2.17 bits per heavy atom. The lowest BCUT2D eigenvalue weighted by atomic mass is 9.99. The Hall–Kier alpha value is -2.20. The Kier molecular flexibility index (Phi) is 9.51. The van der Waals surface area contributed by atoms with Crippen molar-refractivity contribution in [2.45, 2.75) is 32.4 Å². The van der Waals surface area contributed by atoms with E-state index in [0.717, 1.165) is 0 Å². The quantitative estimate of drug-likeness (QED) is 0.250. The maximum atomic E-state index is 11.7. The summed E-state index contributed by atoms with van der Waals surface area (Å²) in [7, 11) is 0. The molecule has 0 bridgehead atoms. The Morgan fingerprint density at radius 1 is 1.13 bits per heavy atom. The van der Waals surface area contributed by atoms with Gasteiger partial charge in [-0.25, -0.2) is 4.79 Å². The molecule has 132 valence electrons. The molecule has 0 saturated carbocycles. The lowest BCUT2D eigenvalue weighted by Gasteiger charge is -2.20. The van der Waals surface area contributed by atoms with Crippen molar-refractivity contribution < 1.29 is 29.4 Å². The zero-order valence-corrected chi connectivity index (χ0v) is 13.2. The number of aliphatic hydroxyl groups excluding tert-OH is 1. The Bertz CT molecular complexity index is 442. The van der Waals surface area contributed by atoms with Gasteiger partial charge in [0.25, 0.3) is 0 Å². The highest BCUT2D eigenvalue weighted by atomic mass is 16.4. The van der Waals surface area contributed by atoms with Crippen LogP contribution in [0.15, 0.2) is 0 Å². The van der Waals surface area contributed by atoms with E-state index in [1.54, 1.807) is 13.8 Å². The van der Waals surface area contributed by atoms with Gasteiger partial charge in [0.05, 0.1) is 19.7 Å². The molecule has 0 rings (SSSR count). The van der Waals surface area contributed by atoms with Gasteiger partial charge in [0, 0.05) is 0 Å². The van der Waals surface area contributed by atoms with Crippen LogP contribution in [0.1, 0.15) is 20.3 Å². The van der Waals surface area contributed by atoms with Gasteiger partial charge in [0.2, 0.25) is 17.7 Å². The number of carbonyl (C=O) groups is 4. The smallest absolute Gasteiger partial charge is 0.326 e. The SMILES string of the molecule is CCC(C)C(NC(=O)CNC(=O)C(CO)NC(=O)CN)C(=O)O. The molecule has 23 heavy (non-hydrogen) atoms. The van der Waals surface area contributed by atoms with Crippen molar-refractivity contribution in [2.24, 2.45) is 11.7 Å². The van der Waals surface area contributed by atoms with E-state index in [1.807, 2.05) is 0 Å². The number of hydrogen-bond donors (Lipinski definition) is 6. The largest absolute Gasteiger partial charge is 0.480 e. The van der Waals surface area contributed by atoms with Gasteiger partial charge in [-0.05, 0) is 5.92 Å². The molecule has 10 heteroatoms. The molecule has 0 aliphatic heterocycles. The Labute approximate surface area is 133 Å². The third kappa shape index (κ3) is 7.56. The summed E-state index contributed by atoms with van der Waals surface area (Å²) in [6.45, 7) is 1.99. The van der Waals surface area contributed by atoms with Crippen molar-refractivity contribution in [2.75, 3.05) is 19.7 Å². The Balaban J connectivity index is 4.48. The van der Waals surface area contributed by atoms with Gasteiger partial charge in [-0.3, -0.25) is 14.4 Å². The number of rotatable bonds is 10. The molecule has 0 heterocycles. The van der Waals surface area contributed by atoms with Gasteiger partial charge in [-0.2, -0.15) is 0 Å². The van der Waals surface area contributed by atoms with Crippen molar-refractivity contribution >= 4 is 23.7 Å². The molecule has 0 radical (unpaired) electrons. The maximum absolute atomic E-state index is 11.7. The van der Waals surface area contributed by atoms with Gasteiger partial charge in [0.15, 0.2) is 0 Å². The van der Waals surface area contributed by atoms with E-state index < -0.39 is 48.9 Å². The molecule has 10 nitrogen and oxygen atoms in total. The van der Waals surface area contributed by atoms with E-state index in [2.05, 4.69) is 16.0 Å². The third-order valence-corrected chi connectivity index (χ3v) is 3.24. The van der Waals surface area contributed by atoms with Crippen LogP contribution in [0, 0.1) is 5.92 Å². The van der Waals surface area contributed by atoms with Crippen LogP contribution in [-0.2, 0) is 19.2 Å². The van der Waals surface area contributed by atoms with Crippen LogP contribution >= 0.6 is 0 Å². The number of aliphatic hydroxyl groups is 1. The summed E-state index contributed by atoms with van der Waals surface area (Å²) in [5.74, 6) is -3.54. The highest BCUT2D eigenvalue weighted by Gasteiger charge is 2.26. The second kappa shape index (κ2) is 10.5. The molecule has 3 unspecified atom stereocenters. The Morgan fingerprint density at radius 2 is 1.74 bits per heavy atom. The molecule has 0 saturated heterocycles. The number of aliphatic carboxylic acids is 1. The van der Waals surface area contributed by atoms with E-state index in [0.29, 0.717) is 6.42 Å². The number of nitrogens with one attached hydrogen (secondary N) is 3. The molecule has 0 aromatic heterocycles. The van der Waals surface area contributed by atoms with Crippen molar-refractivity contribution in [3.05, 3.63) is 0 Å². The molecule has 0 spiro atoms. The summed E-state index contributed by atoms with van der Waals surface area (Å²) in [6.07, 6.45) is 0.557. The fraction of sp³-hybridized carbons (Fsp3) is 0.692. The fourth-order valence-corrected chi connectivity index (χ4v) is 1.65. The number of carbonyl (C=O) groups excluding carboxylic acids is 3. The van der Waals surface area contributed by atoms with Crippen molar-refractivity contribution in [1.29, 1.82) is 0 Å². The standard InChI is InChI=1S/C13H24N4O6/c1-3-7(2)11(13(22)23)17-10(20)5-15-12(21)8(6-18)16-9(19)4-14/h7-8,11,18H,3-6,14H2,1-2H3,(H,15,21)(H,16,19)(H,17,20)(H,22,23). The van der Waals surface area contributed by atoms with Crippen molar-refractivity contribution in [1.82, 2.24) is 16.0 Å². The van der Waals surface area contributed by atoms with E-state index in [9.17, 15) is 19.2 Å². The monoisotopic (exact) mass is 332 g/mol. The van der Waals surface area contributed by atoms with Gasteiger partial charge >= 0.3 is 5.97 Å². The molecule has 0 aliphatic rings. The maximum Gasteiger partial charge on any atom is 0.326 e. The zero-order chi connectivity index (χ0) is 18.0. The van der Waals surface area contributed by atoms with Crippen LogP contribution in [0.4, 0.5) is 0 Å². The molecule has 3 atom stereocenters. The second-order valence-electron chi connectivity index (χ2n) is 4.99. The minimum atomic E-state index is -1.23. The predicted octanol–water partition coefficient (Wildman–Crippen LogP) is -2.85. The van der Waals surface area contributed by atoms with Crippen molar-refractivity contribution in [3.63, 3.8) is 0 Å². The third-order valence-electron chi connectivity index (χ3n) is 3.24. The number of carboxylic acid groups (broad SMARTS) is 1. The summed E-state index contributed by atoms with van der Waals surface area (Å²) >= 11 is 0. The van der Waals surface area contributed by atoms with Crippen LogP contribution in [0.25, 0.3) is 0 Å². The van der Waals surface area contributed by atoms with E-state index in [4.69, 9.17) is 15.9 Å². The first-order valence-corrected chi connectivity index (χ1v) is 7.16. The first-order chi connectivity index (χ1) is 10.8. The first-order valence-electron chi connectivity index (χ1n) is 7.16. The molecular weight excluding hydrogens is 308 g/mol. The molecular formula is C13H24N4O6. The molecule has 0 fully saturated rings. The average Bonchev–Trinajstić information content (AvgIpc) is 2.53. The summed E-state index contributed by atoms with van der Waals surface area (Å²) in [4.78, 5) is 45.6. The summed E-state index contributed by atoms with van der Waals surface area (Å²) in [5, 5.41) is 24.8. The lowest BCUT2D eigenvalue weighted by molar-refractivity contribution is -0.143. The number of hydrogen-bond acceptors (Lipinski definition) is 6. The molecule has 0 aromatic carbocycles. The lowest BCUT2D eigenvalue weighted by Crippen LogP contribution is -2.53. The van der Waals surface area contributed by atoms with Gasteiger partial charge in [-0.1, -0.05) is 20.3 Å². The van der Waals surface area contributed by atoms with E-state index in [-0.39, 0.29) is 12.5 Å². The van der Waals surface area contributed by atoms with Gasteiger partial charge in [-0.15, -0.1) is 0 Å². The van der Waals surface area contributed by atoms with Crippen LogP contribution < -0.4 is 21.7 Å². The van der Waals surface area contributed by atoms with Crippen LogP contribution in [0.2, 0.25) is 0 Å². The summed E-state index contributed by atoms with van der Waals surface area (Å²) in [5.41, 5.74) is 5.08. The van der Waals surface area contributed by atoms with Gasteiger partial charge < -0.3 is 31.9 Å². The van der Waals surface area contributed by atoms with E-state index in [1.165, 1.54) is 0 Å². The average molecular weight is 332 g/mol. The fourth-order valence-electron chi connectivity index (χ4n) is 1.65. The van der Waals surface area contributed by atoms with Crippen LogP contribution in [0.3, 0.4) is 0 Å². The normalized spacial score (nSPS) is 14.3. The minimum Gasteiger partial charge on any atom is -0.480 e. The van der Waals surface area contributed by atoms with E-state index >= 15 is 0 Å². The van der Waals surface area contributed by atoms with Crippen LogP contribution in [-0.4, -0.2) is 65.7 Å². The molecule has 3 amide bonds. The highest BCUT2D eigenvalue weighted by Crippen LogP contribution is 2.07. The summed E-state index contributed by atoms with van der Waals surface area (Å²) in [6, 6.07) is -2.29. The summed E-state index contributed by atoms with van der Waals surface area (Å²) < 4.78 is 0. The molecule has 7 N–H and O–H groups in total. The van der Waals surface area contributed by atoms with Crippen molar-refractivity contribution in [3.8, 4) is 0 Å².